The van der Waals surface area contributed by atoms with E-state index in [0.717, 1.165) is 28.1 Å². The minimum absolute atomic E-state index is 0.0600. The van der Waals surface area contributed by atoms with Crippen molar-refractivity contribution in [3.63, 3.8) is 0 Å². The summed E-state index contributed by atoms with van der Waals surface area (Å²) >= 11 is 2.55. The standard InChI is InChI=1S/C31H28N4O4S2/c1-3-38-30(37)28-24(22-13-6-4-7-14-22)19-40-29(28)32-27(36)20-41-31-34-33-26(35(31)23-15-8-5-9-16-23)18-39-25-17-11-10-12-21(25)2/h4-17,19H,3,18,20H2,1-2H3,(H,32,36). The van der Waals surface area contributed by atoms with Gasteiger partial charge in [0.2, 0.25) is 5.91 Å². The first-order valence-corrected chi connectivity index (χ1v) is 14.9. The molecule has 0 aliphatic heterocycles. The van der Waals surface area contributed by atoms with Crippen molar-refractivity contribution in [1.82, 2.24) is 14.8 Å². The summed E-state index contributed by atoms with van der Waals surface area (Å²) in [7, 11) is 0. The van der Waals surface area contributed by atoms with E-state index >= 15 is 0 Å². The van der Waals surface area contributed by atoms with Crippen molar-refractivity contribution in [1.29, 1.82) is 0 Å². The van der Waals surface area contributed by atoms with Gasteiger partial charge in [-0.05, 0) is 43.2 Å². The van der Waals surface area contributed by atoms with Gasteiger partial charge in [0.05, 0.1) is 12.4 Å². The molecule has 3 aromatic carbocycles. The zero-order valence-corrected chi connectivity index (χ0v) is 24.2. The summed E-state index contributed by atoms with van der Waals surface area (Å²) in [6, 6.07) is 27.0. The maximum absolute atomic E-state index is 13.1. The molecule has 0 fully saturated rings. The molecule has 2 aromatic heterocycles. The van der Waals surface area contributed by atoms with Crippen LogP contribution in [0, 0.1) is 6.92 Å². The van der Waals surface area contributed by atoms with E-state index in [1.54, 1.807) is 6.92 Å². The fraction of sp³-hybridized carbons (Fsp3) is 0.161. The monoisotopic (exact) mass is 584 g/mol. The lowest BCUT2D eigenvalue weighted by molar-refractivity contribution is -0.113. The van der Waals surface area contributed by atoms with Crippen molar-refractivity contribution in [3.05, 3.63) is 107 Å². The molecular formula is C31H28N4O4S2. The van der Waals surface area contributed by atoms with Gasteiger partial charge in [-0.25, -0.2) is 4.79 Å². The van der Waals surface area contributed by atoms with Gasteiger partial charge in [-0.2, -0.15) is 0 Å². The molecule has 1 amide bonds. The number of carbonyl (C=O) groups excluding carboxylic acids is 2. The number of nitrogens with one attached hydrogen (secondary N) is 1. The Morgan fingerprint density at radius 3 is 2.39 bits per heavy atom. The van der Waals surface area contributed by atoms with Crippen molar-refractivity contribution in [2.24, 2.45) is 0 Å². The number of thioether (sulfide) groups is 1. The van der Waals surface area contributed by atoms with Crippen LogP contribution >= 0.6 is 23.1 Å². The number of amides is 1. The largest absolute Gasteiger partial charge is 0.485 e. The normalized spacial score (nSPS) is 10.8. The number of anilines is 1. The molecule has 5 rings (SSSR count). The third-order valence-electron chi connectivity index (χ3n) is 6.11. The Balaban J connectivity index is 1.34. The highest BCUT2D eigenvalue weighted by atomic mass is 32.2. The zero-order chi connectivity index (χ0) is 28.6. The summed E-state index contributed by atoms with van der Waals surface area (Å²) in [5, 5.41) is 14.5. The van der Waals surface area contributed by atoms with Gasteiger partial charge in [0, 0.05) is 16.6 Å². The lowest BCUT2D eigenvalue weighted by atomic mass is 10.0. The van der Waals surface area contributed by atoms with E-state index in [9.17, 15) is 9.59 Å². The van der Waals surface area contributed by atoms with Crippen LogP contribution in [0.3, 0.4) is 0 Å². The third-order valence-corrected chi connectivity index (χ3v) is 7.93. The smallest absolute Gasteiger partial charge is 0.341 e. The maximum atomic E-state index is 13.1. The molecule has 0 saturated carbocycles. The van der Waals surface area contributed by atoms with Crippen LogP contribution in [0.4, 0.5) is 5.00 Å². The number of ether oxygens (including phenoxy) is 2. The van der Waals surface area contributed by atoms with Gasteiger partial charge in [0.1, 0.15) is 22.9 Å². The van der Waals surface area contributed by atoms with E-state index in [-0.39, 0.29) is 24.9 Å². The number of nitrogens with zero attached hydrogens (tertiary/aromatic N) is 3. The molecule has 10 heteroatoms. The molecular weight excluding hydrogens is 556 g/mol. The Labute approximate surface area is 246 Å². The van der Waals surface area contributed by atoms with Crippen LogP contribution in [0.25, 0.3) is 16.8 Å². The Morgan fingerprint density at radius 1 is 0.951 bits per heavy atom. The molecule has 0 aliphatic rings. The second-order valence-electron chi connectivity index (χ2n) is 8.90. The van der Waals surface area contributed by atoms with E-state index in [2.05, 4.69) is 15.5 Å². The van der Waals surface area contributed by atoms with Crippen molar-refractivity contribution in [2.75, 3.05) is 17.7 Å². The SMILES string of the molecule is CCOC(=O)c1c(-c2ccccc2)csc1NC(=O)CSc1nnc(COc2ccccc2C)n1-c1ccccc1. The van der Waals surface area contributed by atoms with Gasteiger partial charge in [0.25, 0.3) is 0 Å². The number of rotatable bonds is 11. The van der Waals surface area contributed by atoms with Gasteiger partial charge in [0.15, 0.2) is 11.0 Å². The fourth-order valence-electron chi connectivity index (χ4n) is 4.16. The van der Waals surface area contributed by atoms with E-state index in [1.165, 1.54) is 23.1 Å². The molecule has 0 atom stereocenters. The Hall–Kier alpha value is -4.41. The van der Waals surface area contributed by atoms with E-state index in [4.69, 9.17) is 9.47 Å². The lowest BCUT2D eigenvalue weighted by Gasteiger charge is -2.12. The number of esters is 1. The Bertz CT molecular complexity index is 1630. The number of aromatic nitrogens is 3. The molecule has 1 N–H and O–H groups in total. The molecule has 2 heterocycles. The van der Waals surface area contributed by atoms with Crippen LogP contribution in [-0.2, 0) is 16.1 Å². The van der Waals surface area contributed by atoms with Crippen LogP contribution in [0.5, 0.6) is 5.75 Å². The number of hydrogen-bond donors (Lipinski definition) is 1. The second-order valence-corrected chi connectivity index (χ2v) is 10.7. The molecule has 208 valence electrons. The van der Waals surface area contributed by atoms with Crippen molar-refractivity contribution in [2.45, 2.75) is 25.6 Å². The first kappa shape index (κ1) is 28.1. The molecule has 8 nitrogen and oxygen atoms in total. The molecule has 0 bridgehead atoms. The average Bonchev–Trinajstić information content (AvgIpc) is 3.61. The van der Waals surface area contributed by atoms with Crippen LogP contribution < -0.4 is 10.1 Å². The van der Waals surface area contributed by atoms with Crippen LogP contribution in [0.1, 0.15) is 28.7 Å². The summed E-state index contributed by atoms with van der Waals surface area (Å²) in [4.78, 5) is 26.0. The predicted octanol–water partition coefficient (Wildman–Crippen LogP) is 6.79. The summed E-state index contributed by atoms with van der Waals surface area (Å²) in [5.41, 5.74) is 3.83. The van der Waals surface area contributed by atoms with Gasteiger partial charge in [-0.15, -0.1) is 21.5 Å². The second kappa shape index (κ2) is 13.3. The number of para-hydroxylation sites is 2. The molecule has 0 aliphatic carbocycles. The summed E-state index contributed by atoms with van der Waals surface area (Å²) in [5.74, 6) is 0.689. The van der Waals surface area contributed by atoms with Crippen LogP contribution in [0.2, 0.25) is 0 Å². The molecule has 0 unspecified atom stereocenters. The Morgan fingerprint density at radius 2 is 1.66 bits per heavy atom. The van der Waals surface area contributed by atoms with Gasteiger partial charge in [-0.3, -0.25) is 9.36 Å². The van der Waals surface area contributed by atoms with E-state index < -0.39 is 5.97 Å². The first-order chi connectivity index (χ1) is 20.0. The van der Waals surface area contributed by atoms with Gasteiger partial charge >= 0.3 is 5.97 Å². The summed E-state index contributed by atoms with van der Waals surface area (Å²) < 4.78 is 13.2. The topological polar surface area (TPSA) is 95.3 Å². The number of hydrogen-bond acceptors (Lipinski definition) is 8. The van der Waals surface area contributed by atoms with Crippen LogP contribution in [0.15, 0.2) is 95.5 Å². The summed E-state index contributed by atoms with van der Waals surface area (Å²) in [6.07, 6.45) is 0. The van der Waals surface area contributed by atoms with Crippen molar-refractivity contribution >= 4 is 40.0 Å². The minimum Gasteiger partial charge on any atom is -0.485 e. The maximum Gasteiger partial charge on any atom is 0.341 e. The zero-order valence-electron chi connectivity index (χ0n) is 22.6. The van der Waals surface area contributed by atoms with Crippen molar-refractivity contribution < 1.29 is 19.1 Å². The number of carbonyl (C=O) groups is 2. The minimum atomic E-state index is -0.474. The lowest BCUT2D eigenvalue weighted by Crippen LogP contribution is -2.17. The molecule has 41 heavy (non-hydrogen) atoms. The van der Waals surface area contributed by atoms with Crippen LogP contribution in [-0.4, -0.2) is 39.0 Å². The quantitative estimate of drug-likeness (QED) is 0.135. The van der Waals surface area contributed by atoms with Gasteiger partial charge < -0.3 is 14.8 Å². The molecule has 0 radical (unpaired) electrons. The molecule has 0 saturated heterocycles. The van der Waals surface area contributed by atoms with E-state index in [1.807, 2.05) is 102 Å². The Kier molecular flexibility index (Phi) is 9.12. The average molecular weight is 585 g/mol. The highest BCUT2D eigenvalue weighted by Crippen LogP contribution is 2.36. The fourth-order valence-corrected chi connectivity index (χ4v) is 5.91. The number of benzene rings is 3. The molecule has 5 aromatic rings. The molecule has 0 spiro atoms. The highest BCUT2D eigenvalue weighted by molar-refractivity contribution is 7.99. The number of aryl methyl sites for hydroxylation is 1. The highest BCUT2D eigenvalue weighted by Gasteiger charge is 2.23. The van der Waals surface area contributed by atoms with E-state index in [0.29, 0.717) is 21.5 Å². The third kappa shape index (κ3) is 6.67. The van der Waals surface area contributed by atoms with Crippen molar-refractivity contribution in [3.8, 4) is 22.6 Å². The number of thiophene rings is 1. The first-order valence-electron chi connectivity index (χ1n) is 13.0. The van der Waals surface area contributed by atoms with Gasteiger partial charge in [-0.1, -0.05) is 78.5 Å². The summed E-state index contributed by atoms with van der Waals surface area (Å²) in [6.45, 7) is 4.18. The predicted molar refractivity (Wildman–Crippen MR) is 162 cm³/mol.